The number of nitrogens with one attached hydrogen (secondary N) is 1. The lowest BCUT2D eigenvalue weighted by Gasteiger charge is -2.18. The van der Waals surface area contributed by atoms with E-state index in [9.17, 15) is 14.4 Å². The van der Waals surface area contributed by atoms with Crippen molar-refractivity contribution < 1.29 is 14.4 Å². The summed E-state index contributed by atoms with van der Waals surface area (Å²) in [5.74, 6) is -0.619. The first-order valence-electron chi connectivity index (χ1n) is 8.13. The van der Waals surface area contributed by atoms with Crippen molar-refractivity contribution in [2.45, 2.75) is 6.92 Å². The third-order valence-corrected chi connectivity index (χ3v) is 4.35. The Morgan fingerprint density at radius 3 is 2.27 bits per heavy atom. The van der Waals surface area contributed by atoms with Gasteiger partial charge in [-0.2, -0.15) is 0 Å². The quantitative estimate of drug-likeness (QED) is 0.923. The van der Waals surface area contributed by atoms with E-state index in [1.807, 2.05) is 12.1 Å². The van der Waals surface area contributed by atoms with Gasteiger partial charge in [-0.25, -0.2) is 0 Å². The Labute approximate surface area is 151 Å². The summed E-state index contributed by atoms with van der Waals surface area (Å²) in [4.78, 5) is 39.0. The van der Waals surface area contributed by atoms with E-state index in [0.29, 0.717) is 16.9 Å². The molecule has 2 aromatic carbocycles. The average Bonchev–Trinajstić information content (AvgIpc) is 2.87. The Balaban J connectivity index is 1.66. The maximum absolute atomic E-state index is 12.4. The first kappa shape index (κ1) is 17.4. The fourth-order valence-electron chi connectivity index (χ4n) is 2.80. The summed E-state index contributed by atoms with van der Waals surface area (Å²) >= 11 is 0. The van der Waals surface area contributed by atoms with E-state index in [-0.39, 0.29) is 24.3 Å². The van der Waals surface area contributed by atoms with Gasteiger partial charge in [0, 0.05) is 42.2 Å². The Morgan fingerprint density at radius 1 is 1.08 bits per heavy atom. The van der Waals surface area contributed by atoms with Gasteiger partial charge in [-0.15, -0.1) is 0 Å². The first-order chi connectivity index (χ1) is 12.4. The van der Waals surface area contributed by atoms with Crippen LogP contribution in [0.3, 0.4) is 0 Å². The topological polar surface area (TPSA) is 69.7 Å². The number of fused-ring (bicyclic) bond motifs is 1. The molecule has 26 heavy (non-hydrogen) atoms. The summed E-state index contributed by atoms with van der Waals surface area (Å²) in [6, 6.07) is 14.1. The van der Waals surface area contributed by atoms with E-state index in [1.54, 1.807) is 43.4 Å². The van der Waals surface area contributed by atoms with Gasteiger partial charge in [0.15, 0.2) is 0 Å². The average molecular weight is 349 g/mol. The number of hydrogen-bond donors (Lipinski definition) is 1. The van der Waals surface area contributed by atoms with Gasteiger partial charge in [0.25, 0.3) is 5.91 Å². The number of amides is 3. The normalized spacial score (nSPS) is 12.8. The minimum atomic E-state index is -0.319. The molecule has 0 aromatic heterocycles. The van der Waals surface area contributed by atoms with Crippen LogP contribution in [0.1, 0.15) is 22.8 Å². The molecule has 1 aliphatic rings. The largest absolute Gasteiger partial charge is 0.325 e. The van der Waals surface area contributed by atoms with Gasteiger partial charge in [0.2, 0.25) is 11.8 Å². The molecule has 1 heterocycles. The van der Waals surface area contributed by atoms with Crippen LogP contribution in [0.5, 0.6) is 0 Å². The minimum absolute atomic E-state index is 0.0765. The van der Waals surface area contributed by atoms with Gasteiger partial charge in [-0.3, -0.25) is 19.3 Å². The number of benzene rings is 2. The Hall–Kier alpha value is -3.41. The van der Waals surface area contributed by atoms with Crippen LogP contribution in [0, 0.1) is 0 Å². The Morgan fingerprint density at radius 2 is 1.69 bits per heavy atom. The van der Waals surface area contributed by atoms with Gasteiger partial charge < -0.3 is 10.2 Å². The van der Waals surface area contributed by atoms with E-state index in [0.717, 1.165) is 11.3 Å². The second-order valence-corrected chi connectivity index (χ2v) is 6.06. The SMILES string of the molecule is C=C1c2ccccc2C(=O)N1CC(=O)Nc1ccc(N(C)C(C)=O)cc1. The van der Waals surface area contributed by atoms with Crippen molar-refractivity contribution in [3.63, 3.8) is 0 Å². The van der Waals surface area contributed by atoms with Crippen molar-refractivity contribution in [2.24, 2.45) is 0 Å². The highest BCUT2D eigenvalue weighted by atomic mass is 16.2. The zero-order chi connectivity index (χ0) is 18.8. The summed E-state index contributed by atoms with van der Waals surface area (Å²) < 4.78 is 0. The van der Waals surface area contributed by atoms with Crippen LogP contribution in [0.25, 0.3) is 5.70 Å². The molecule has 2 aromatic rings. The highest BCUT2D eigenvalue weighted by Crippen LogP contribution is 2.30. The third kappa shape index (κ3) is 3.21. The molecule has 0 unspecified atom stereocenters. The van der Waals surface area contributed by atoms with E-state index >= 15 is 0 Å². The van der Waals surface area contributed by atoms with Crippen LogP contribution in [0.4, 0.5) is 11.4 Å². The van der Waals surface area contributed by atoms with Crippen molar-refractivity contribution in [2.75, 3.05) is 23.8 Å². The van der Waals surface area contributed by atoms with Crippen molar-refractivity contribution in [1.29, 1.82) is 0 Å². The first-order valence-corrected chi connectivity index (χ1v) is 8.13. The molecule has 3 rings (SSSR count). The van der Waals surface area contributed by atoms with Crippen molar-refractivity contribution in [3.05, 3.63) is 66.2 Å². The highest BCUT2D eigenvalue weighted by molar-refractivity contribution is 6.11. The molecular weight excluding hydrogens is 330 g/mol. The Kier molecular flexibility index (Phi) is 4.58. The minimum Gasteiger partial charge on any atom is -0.325 e. The van der Waals surface area contributed by atoms with E-state index in [2.05, 4.69) is 11.9 Å². The molecule has 0 fully saturated rings. The van der Waals surface area contributed by atoms with E-state index in [4.69, 9.17) is 0 Å². The van der Waals surface area contributed by atoms with Crippen LogP contribution in [-0.4, -0.2) is 36.2 Å². The monoisotopic (exact) mass is 349 g/mol. The second kappa shape index (κ2) is 6.84. The van der Waals surface area contributed by atoms with Crippen LogP contribution in [-0.2, 0) is 9.59 Å². The molecule has 0 atom stereocenters. The number of carbonyl (C=O) groups excluding carboxylic acids is 3. The number of rotatable bonds is 4. The lowest BCUT2D eigenvalue weighted by atomic mass is 10.1. The predicted molar refractivity (Wildman–Crippen MR) is 101 cm³/mol. The standard InChI is InChI=1S/C20H19N3O3/c1-13-17-6-4-5-7-18(17)20(26)23(13)12-19(25)21-15-8-10-16(11-9-15)22(3)14(2)24/h4-11H,1,12H2,2-3H3,(H,21,25). The molecule has 0 saturated heterocycles. The van der Waals surface area contributed by atoms with Gasteiger partial charge in [0.1, 0.15) is 6.54 Å². The summed E-state index contributed by atoms with van der Waals surface area (Å²) in [5.41, 5.74) is 3.16. The maximum atomic E-state index is 12.4. The van der Waals surface area contributed by atoms with Crippen molar-refractivity contribution in [1.82, 2.24) is 4.90 Å². The molecule has 6 heteroatoms. The molecule has 6 nitrogen and oxygen atoms in total. The number of hydrogen-bond acceptors (Lipinski definition) is 3. The van der Waals surface area contributed by atoms with Crippen LogP contribution >= 0.6 is 0 Å². The second-order valence-electron chi connectivity index (χ2n) is 6.06. The fourth-order valence-corrected chi connectivity index (χ4v) is 2.80. The lowest BCUT2D eigenvalue weighted by Crippen LogP contribution is -2.32. The third-order valence-electron chi connectivity index (χ3n) is 4.35. The number of nitrogens with zero attached hydrogens (tertiary/aromatic N) is 2. The molecule has 1 aliphatic heterocycles. The van der Waals surface area contributed by atoms with Gasteiger partial charge in [-0.1, -0.05) is 24.8 Å². The molecule has 0 aliphatic carbocycles. The molecule has 0 radical (unpaired) electrons. The van der Waals surface area contributed by atoms with Crippen LogP contribution in [0.15, 0.2) is 55.1 Å². The number of anilines is 2. The molecule has 0 bridgehead atoms. The molecule has 0 saturated carbocycles. The lowest BCUT2D eigenvalue weighted by molar-refractivity contribution is -0.117. The molecule has 1 N–H and O–H groups in total. The van der Waals surface area contributed by atoms with Crippen molar-refractivity contribution in [3.8, 4) is 0 Å². The van der Waals surface area contributed by atoms with Crippen LogP contribution < -0.4 is 10.2 Å². The maximum Gasteiger partial charge on any atom is 0.259 e. The van der Waals surface area contributed by atoms with Crippen LogP contribution in [0.2, 0.25) is 0 Å². The summed E-state index contributed by atoms with van der Waals surface area (Å²) in [7, 11) is 1.68. The fraction of sp³-hybridized carbons (Fsp3) is 0.150. The molecular formula is C20H19N3O3. The molecule has 132 valence electrons. The van der Waals surface area contributed by atoms with Crippen molar-refractivity contribution >= 4 is 34.8 Å². The highest BCUT2D eigenvalue weighted by Gasteiger charge is 2.31. The molecule has 0 spiro atoms. The smallest absolute Gasteiger partial charge is 0.259 e. The summed E-state index contributed by atoms with van der Waals surface area (Å²) in [6.45, 7) is 5.29. The Bertz CT molecular complexity index is 868. The van der Waals surface area contributed by atoms with E-state index < -0.39 is 0 Å². The summed E-state index contributed by atoms with van der Waals surface area (Å²) in [6.07, 6.45) is 0. The predicted octanol–water partition coefficient (Wildman–Crippen LogP) is 2.73. The summed E-state index contributed by atoms with van der Waals surface area (Å²) in [5, 5.41) is 2.75. The van der Waals surface area contributed by atoms with E-state index in [1.165, 1.54) is 16.7 Å². The van der Waals surface area contributed by atoms with Gasteiger partial charge in [-0.05, 0) is 30.3 Å². The zero-order valence-corrected chi connectivity index (χ0v) is 14.7. The van der Waals surface area contributed by atoms with Gasteiger partial charge >= 0.3 is 0 Å². The number of carbonyl (C=O) groups is 3. The van der Waals surface area contributed by atoms with Gasteiger partial charge in [0.05, 0.1) is 0 Å². The molecule has 3 amide bonds. The zero-order valence-electron chi connectivity index (χ0n) is 14.7.